The number of carbonyl (C=O) groups excluding carboxylic acids is 1. The lowest BCUT2D eigenvalue weighted by atomic mass is 9.85. The lowest BCUT2D eigenvalue weighted by molar-refractivity contribution is -0.140. The van der Waals surface area contributed by atoms with Gasteiger partial charge < -0.3 is 10.0 Å². The summed E-state index contributed by atoms with van der Waals surface area (Å²) < 4.78 is 0. The fourth-order valence-electron chi connectivity index (χ4n) is 2.50. The van der Waals surface area contributed by atoms with Gasteiger partial charge in [0.25, 0.3) is 0 Å². The Labute approximate surface area is 115 Å². The lowest BCUT2D eigenvalue weighted by Crippen LogP contribution is -2.37. The van der Waals surface area contributed by atoms with Crippen molar-refractivity contribution in [3.63, 3.8) is 0 Å². The van der Waals surface area contributed by atoms with Gasteiger partial charge in [-0.15, -0.1) is 0 Å². The highest BCUT2D eigenvalue weighted by atomic mass is 16.4. The predicted molar refractivity (Wildman–Crippen MR) is 72.7 cm³/mol. The van der Waals surface area contributed by atoms with Crippen LogP contribution in [-0.2, 0) is 9.59 Å². The Morgan fingerprint density at radius 1 is 1.05 bits per heavy atom. The number of nitrogens with zero attached hydrogens (tertiary/aromatic N) is 1. The molecule has 0 spiro atoms. The van der Waals surface area contributed by atoms with Crippen molar-refractivity contribution < 1.29 is 14.7 Å². The highest BCUT2D eigenvalue weighted by molar-refractivity contribution is 5.78. The van der Waals surface area contributed by atoms with E-state index in [4.69, 9.17) is 5.11 Å². The zero-order valence-corrected chi connectivity index (χ0v) is 12.0. The molecule has 0 bridgehead atoms. The smallest absolute Gasteiger partial charge is 0.303 e. The molecule has 2 saturated carbocycles. The maximum atomic E-state index is 12.4. The SMILES string of the molecule is CC(C)(CC(=O)O)CC(=O)N(CC1CC1)CC1CC1. The van der Waals surface area contributed by atoms with Crippen LogP contribution in [0.4, 0.5) is 0 Å². The third-order valence-electron chi connectivity index (χ3n) is 3.96. The van der Waals surface area contributed by atoms with E-state index in [1.54, 1.807) is 0 Å². The first-order chi connectivity index (χ1) is 8.85. The molecule has 2 rings (SSSR count). The maximum absolute atomic E-state index is 12.4. The standard InChI is InChI=1S/C15H25NO3/c1-15(2,8-14(18)19)7-13(17)16(9-11-3-4-11)10-12-5-6-12/h11-12H,3-10H2,1-2H3,(H,18,19). The van der Waals surface area contributed by atoms with Crippen molar-refractivity contribution in [3.05, 3.63) is 0 Å². The minimum Gasteiger partial charge on any atom is -0.481 e. The summed E-state index contributed by atoms with van der Waals surface area (Å²) in [6.07, 6.45) is 5.37. The summed E-state index contributed by atoms with van der Waals surface area (Å²) in [7, 11) is 0. The van der Waals surface area contributed by atoms with Crippen LogP contribution in [0.5, 0.6) is 0 Å². The summed E-state index contributed by atoms with van der Waals surface area (Å²) in [5.74, 6) is 0.717. The molecule has 0 radical (unpaired) electrons. The van der Waals surface area contributed by atoms with E-state index in [1.807, 2.05) is 18.7 Å². The molecule has 0 saturated heterocycles. The number of hydrogen-bond donors (Lipinski definition) is 1. The fraction of sp³-hybridized carbons (Fsp3) is 0.867. The van der Waals surface area contributed by atoms with Gasteiger partial charge in [-0.25, -0.2) is 0 Å². The quantitative estimate of drug-likeness (QED) is 0.735. The molecular weight excluding hydrogens is 242 g/mol. The monoisotopic (exact) mass is 267 g/mol. The van der Waals surface area contributed by atoms with Crippen LogP contribution < -0.4 is 0 Å². The van der Waals surface area contributed by atoms with Gasteiger partial charge in [0.2, 0.25) is 5.91 Å². The van der Waals surface area contributed by atoms with Crippen molar-refractivity contribution in [2.24, 2.45) is 17.3 Å². The second-order valence-electron chi connectivity index (χ2n) is 7.10. The van der Waals surface area contributed by atoms with Gasteiger partial charge in [0, 0.05) is 19.5 Å². The van der Waals surface area contributed by atoms with Crippen LogP contribution in [0.3, 0.4) is 0 Å². The van der Waals surface area contributed by atoms with Gasteiger partial charge in [0.1, 0.15) is 0 Å². The van der Waals surface area contributed by atoms with E-state index in [0.717, 1.165) is 13.1 Å². The Bertz CT molecular complexity index is 342. The number of carboxylic acid groups (broad SMARTS) is 1. The number of carbonyl (C=O) groups is 2. The summed E-state index contributed by atoms with van der Waals surface area (Å²) in [4.78, 5) is 25.2. The molecule has 0 aliphatic heterocycles. The Morgan fingerprint density at radius 3 is 1.89 bits per heavy atom. The molecule has 0 unspecified atom stereocenters. The molecule has 2 aliphatic rings. The van der Waals surface area contributed by atoms with Crippen LogP contribution in [0.2, 0.25) is 0 Å². The van der Waals surface area contributed by atoms with E-state index in [2.05, 4.69) is 0 Å². The van der Waals surface area contributed by atoms with Crippen molar-refractivity contribution in [1.29, 1.82) is 0 Å². The van der Waals surface area contributed by atoms with E-state index >= 15 is 0 Å². The Kier molecular flexibility index (Phi) is 4.16. The van der Waals surface area contributed by atoms with Crippen LogP contribution >= 0.6 is 0 Å². The highest BCUT2D eigenvalue weighted by Crippen LogP contribution is 2.35. The van der Waals surface area contributed by atoms with E-state index in [1.165, 1.54) is 25.7 Å². The normalized spacial score (nSPS) is 19.3. The molecule has 2 aliphatic carbocycles. The van der Waals surface area contributed by atoms with Crippen molar-refractivity contribution in [1.82, 2.24) is 4.90 Å². The molecule has 4 nitrogen and oxygen atoms in total. The molecule has 2 fully saturated rings. The summed E-state index contributed by atoms with van der Waals surface area (Å²) in [6.45, 7) is 5.51. The third kappa shape index (κ3) is 5.21. The lowest BCUT2D eigenvalue weighted by Gasteiger charge is -2.28. The van der Waals surface area contributed by atoms with Crippen LogP contribution in [0.15, 0.2) is 0 Å². The molecule has 0 aromatic rings. The molecule has 0 heterocycles. The summed E-state index contributed by atoms with van der Waals surface area (Å²) in [6, 6.07) is 0. The van der Waals surface area contributed by atoms with Gasteiger partial charge in [0.05, 0.1) is 6.42 Å². The highest BCUT2D eigenvalue weighted by Gasteiger charge is 2.34. The minimum absolute atomic E-state index is 0.0550. The number of amides is 1. The molecule has 4 heteroatoms. The molecule has 0 aromatic heterocycles. The number of rotatable bonds is 8. The second-order valence-corrected chi connectivity index (χ2v) is 7.10. The average molecular weight is 267 g/mol. The third-order valence-corrected chi connectivity index (χ3v) is 3.96. The topological polar surface area (TPSA) is 57.6 Å². The van der Waals surface area contributed by atoms with E-state index in [0.29, 0.717) is 18.3 Å². The number of hydrogen-bond acceptors (Lipinski definition) is 2. The zero-order chi connectivity index (χ0) is 14.0. The fourth-order valence-corrected chi connectivity index (χ4v) is 2.50. The molecule has 1 N–H and O–H groups in total. The molecular formula is C15H25NO3. The molecule has 1 amide bonds. The average Bonchev–Trinajstić information content (AvgIpc) is 3.07. The maximum Gasteiger partial charge on any atom is 0.303 e. The van der Waals surface area contributed by atoms with Crippen LogP contribution in [0, 0.1) is 17.3 Å². The van der Waals surface area contributed by atoms with Crippen molar-refractivity contribution in [3.8, 4) is 0 Å². The summed E-state index contributed by atoms with van der Waals surface area (Å²) in [5.41, 5.74) is -0.450. The number of aliphatic carboxylic acids is 1. The van der Waals surface area contributed by atoms with Crippen molar-refractivity contribution in [2.75, 3.05) is 13.1 Å². The number of carboxylic acids is 1. The first kappa shape index (κ1) is 14.4. The molecule has 108 valence electrons. The van der Waals surface area contributed by atoms with E-state index in [9.17, 15) is 9.59 Å². The Balaban J connectivity index is 1.87. The Hall–Kier alpha value is -1.06. The Morgan fingerprint density at radius 2 is 1.53 bits per heavy atom. The van der Waals surface area contributed by atoms with Crippen LogP contribution in [0.1, 0.15) is 52.4 Å². The van der Waals surface area contributed by atoms with Crippen molar-refractivity contribution >= 4 is 11.9 Å². The largest absolute Gasteiger partial charge is 0.481 e. The second kappa shape index (κ2) is 5.51. The molecule has 0 atom stereocenters. The van der Waals surface area contributed by atoms with Gasteiger partial charge in [-0.2, -0.15) is 0 Å². The van der Waals surface area contributed by atoms with Gasteiger partial charge in [-0.05, 0) is 42.9 Å². The zero-order valence-electron chi connectivity index (χ0n) is 12.0. The van der Waals surface area contributed by atoms with Gasteiger partial charge >= 0.3 is 5.97 Å². The minimum atomic E-state index is -0.825. The predicted octanol–water partition coefficient (Wildman–Crippen LogP) is 2.53. The molecule has 19 heavy (non-hydrogen) atoms. The van der Waals surface area contributed by atoms with Crippen molar-refractivity contribution in [2.45, 2.75) is 52.4 Å². The van der Waals surface area contributed by atoms with E-state index in [-0.39, 0.29) is 12.3 Å². The van der Waals surface area contributed by atoms with E-state index < -0.39 is 11.4 Å². The first-order valence-electron chi connectivity index (χ1n) is 7.35. The van der Waals surface area contributed by atoms with Gasteiger partial charge in [0.15, 0.2) is 0 Å². The van der Waals surface area contributed by atoms with Crippen LogP contribution in [-0.4, -0.2) is 35.0 Å². The summed E-state index contributed by atoms with van der Waals surface area (Å²) in [5, 5.41) is 8.89. The summed E-state index contributed by atoms with van der Waals surface area (Å²) >= 11 is 0. The van der Waals surface area contributed by atoms with Gasteiger partial charge in [-0.1, -0.05) is 13.8 Å². The van der Waals surface area contributed by atoms with Crippen LogP contribution in [0.25, 0.3) is 0 Å². The first-order valence-corrected chi connectivity index (χ1v) is 7.35. The molecule has 0 aromatic carbocycles. The van der Waals surface area contributed by atoms with Gasteiger partial charge in [-0.3, -0.25) is 9.59 Å².